The van der Waals surface area contributed by atoms with Gasteiger partial charge in [-0.3, -0.25) is 0 Å². The standard InChI is InChI=1S/C16H17NO3/c17-12-3-1-2-10(7-12)6-11-9-20-15-5-4-13(18)8-14(15)16(11)19/h1-5,7-8,11,16,18-19H,6,9,17H2. The van der Waals surface area contributed by atoms with Crippen LogP contribution >= 0.6 is 0 Å². The number of rotatable bonds is 2. The monoisotopic (exact) mass is 271 g/mol. The second-order valence-electron chi connectivity index (χ2n) is 5.19. The predicted molar refractivity (Wildman–Crippen MR) is 76.6 cm³/mol. The van der Waals surface area contributed by atoms with E-state index in [1.165, 1.54) is 0 Å². The number of aliphatic hydroxyl groups is 1. The lowest BCUT2D eigenvalue weighted by atomic mass is 9.88. The maximum atomic E-state index is 10.5. The Bertz CT molecular complexity index is 627. The van der Waals surface area contributed by atoms with Gasteiger partial charge in [-0.2, -0.15) is 0 Å². The molecule has 0 bridgehead atoms. The average molecular weight is 271 g/mol. The molecule has 4 N–H and O–H groups in total. The van der Waals surface area contributed by atoms with Crippen LogP contribution in [0.1, 0.15) is 17.2 Å². The Balaban J connectivity index is 1.83. The summed E-state index contributed by atoms with van der Waals surface area (Å²) in [6, 6.07) is 12.4. The van der Waals surface area contributed by atoms with Crippen molar-refractivity contribution in [2.24, 2.45) is 5.92 Å². The van der Waals surface area contributed by atoms with Gasteiger partial charge in [-0.25, -0.2) is 0 Å². The van der Waals surface area contributed by atoms with Crippen molar-refractivity contribution in [2.75, 3.05) is 12.3 Å². The van der Waals surface area contributed by atoms with E-state index in [2.05, 4.69) is 0 Å². The molecule has 2 unspecified atom stereocenters. The van der Waals surface area contributed by atoms with Crippen molar-refractivity contribution in [2.45, 2.75) is 12.5 Å². The Morgan fingerprint density at radius 2 is 2.05 bits per heavy atom. The first kappa shape index (κ1) is 12.8. The largest absolute Gasteiger partial charge is 0.508 e. The molecule has 104 valence electrons. The lowest BCUT2D eigenvalue weighted by Crippen LogP contribution is -2.27. The van der Waals surface area contributed by atoms with Crippen molar-refractivity contribution in [3.63, 3.8) is 0 Å². The zero-order valence-corrected chi connectivity index (χ0v) is 11.0. The summed E-state index contributed by atoms with van der Waals surface area (Å²) >= 11 is 0. The van der Waals surface area contributed by atoms with Crippen LogP contribution < -0.4 is 10.5 Å². The van der Waals surface area contributed by atoms with E-state index in [4.69, 9.17) is 10.5 Å². The summed E-state index contributed by atoms with van der Waals surface area (Å²) in [5.74, 6) is 0.723. The summed E-state index contributed by atoms with van der Waals surface area (Å²) in [6.45, 7) is 0.452. The molecule has 4 nitrogen and oxygen atoms in total. The van der Waals surface area contributed by atoms with Crippen molar-refractivity contribution in [3.05, 3.63) is 53.6 Å². The number of anilines is 1. The minimum Gasteiger partial charge on any atom is -0.508 e. The van der Waals surface area contributed by atoms with Crippen molar-refractivity contribution in [1.82, 2.24) is 0 Å². The first-order valence-corrected chi connectivity index (χ1v) is 6.61. The van der Waals surface area contributed by atoms with Gasteiger partial charge < -0.3 is 20.7 Å². The number of nitrogens with two attached hydrogens (primary N) is 1. The number of benzene rings is 2. The molecule has 0 saturated heterocycles. The molecule has 0 fully saturated rings. The van der Waals surface area contributed by atoms with Crippen LogP contribution in [0.2, 0.25) is 0 Å². The highest BCUT2D eigenvalue weighted by atomic mass is 16.5. The lowest BCUT2D eigenvalue weighted by molar-refractivity contribution is 0.0505. The Morgan fingerprint density at radius 1 is 1.20 bits per heavy atom. The number of ether oxygens (including phenoxy) is 1. The normalized spacial score (nSPS) is 21.1. The Morgan fingerprint density at radius 3 is 2.85 bits per heavy atom. The fourth-order valence-corrected chi connectivity index (χ4v) is 2.63. The van der Waals surface area contributed by atoms with Crippen molar-refractivity contribution in [3.8, 4) is 11.5 Å². The highest BCUT2D eigenvalue weighted by Gasteiger charge is 2.29. The molecule has 0 aliphatic carbocycles. The van der Waals surface area contributed by atoms with Crippen LogP contribution in [0.25, 0.3) is 0 Å². The number of fused-ring (bicyclic) bond motifs is 1. The molecule has 0 amide bonds. The molecular formula is C16H17NO3. The molecule has 3 rings (SSSR count). The van der Waals surface area contributed by atoms with Crippen LogP contribution in [-0.2, 0) is 6.42 Å². The summed E-state index contributed by atoms with van der Waals surface area (Å²) < 4.78 is 5.66. The molecule has 0 spiro atoms. The Hall–Kier alpha value is -2.20. The van der Waals surface area contributed by atoms with Gasteiger partial charge >= 0.3 is 0 Å². The molecule has 1 aliphatic rings. The van der Waals surface area contributed by atoms with E-state index in [1.54, 1.807) is 18.2 Å². The first-order chi connectivity index (χ1) is 9.63. The maximum absolute atomic E-state index is 10.5. The zero-order chi connectivity index (χ0) is 14.1. The lowest BCUT2D eigenvalue weighted by Gasteiger charge is -2.30. The number of phenols is 1. The van der Waals surface area contributed by atoms with Crippen molar-refractivity contribution >= 4 is 5.69 Å². The molecule has 0 aromatic heterocycles. The fourth-order valence-electron chi connectivity index (χ4n) is 2.63. The summed E-state index contributed by atoms with van der Waals surface area (Å²) in [5.41, 5.74) is 8.20. The number of aromatic hydroxyl groups is 1. The van der Waals surface area contributed by atoms with E-state index in [-0.39, 0.29) is 11.7 Å². The van der Waals surface area contributed by atoms with Crippen LogP contribution in [0.15, 0.2) is 42.5 Å². The fraction of sp³-hybridized carbons (Fsp3) is 0.250. The highest BCUT2D eigenvalue weighted by molar-refractivity contribution is 5.44. The van der Waals surface area contributed by atoms with Gasteiger partial charge in [0.2, 0.25) is 0 Å². The quantitative estimate of drug-likeness (QED) is 0.732. The second-order valence-corrected chi connectivity index (χ2v) is 5.19. The molecule has 2 aromatic carbocycles. The zero-order valence-electron chi connectivity index (χ0n) is 11.0. The summed E-state index contributed by atoms with van der Waals surface area (Å²) in [7, 11) is 0. The van der Waals surface area contributed by atoms with E-state index in [0.717, 1.165) is 5.56 Å². The third kappa shape index (κ3) is 2.42. The second kappa shape index (κ2) is 5.06. The predicted octanol–water partition coefficient (Wildman–Crippen LogP) is 2.26. The van der Waals surface area contributed by atoms with Crippen LogP contribution in [-0.4, -0.2) is 16.8 Å². The van der Waals surface area contributed by atoms with Gasteiger partial charge in [-0.05, 0) is 42.3 Å². The minimum atomic E-state index is -0.646. The molecule has 2 aromatic rings. The molecule has 0 radical (unpaired) electrons. The van der Waals surface area contributed by atoms with E-state index < -0.39 is 6.10 Å². The van der Waals surface area contributed by atoms with Crippen LogP contribution in [0, 0.1) is 5.92 Å². The van der Waals surface area contributed by atoms with E-state index in [9.17, 15) is 10.2 Å². The Kier molecular flexibility index (Phi) is 3.24. The number of aliphatic hydroxyl groups excluding tert-OH is 1. The van der Waals surface area contributed by atoms with Gasteiger partial charge in [0.1, 0.15) is 11.5 Å². The SMILES string of the molecule is Nc1cccc(CC2COc3ccc(O)cc3C2O)c1. The third-order valence-corrected chi connectivity index (χ3v) is 3.66. The number of hydrogen-bond donors (Lipinski definition) is 3. The summed E-state index contributed by atoms with van der Waals surface area (Å²) in [5, 5.41) is 20.0. The number of phenolic OH excluding ortho intramolecular Hbond substituents is 1. The van der Waals surface area contributed by atoms with Crippen molar-refractivity contribution < 1.29 is 14.9 Å². The number of nitrogen functional groups attached to an aromatic ring is 1. The molecule has 1 heterocycles. The molecule has 1 aliphatic heterocycles. The summed E-state index contributed by atoms with van der Waals surface area (Å²) in [6.07, 6.45) is 0.0358. The first-order valence-electron chi connectivity index (χ1n) is 6.61. The van der Waals surface area contributed by atoms with E-state index >= 15 is 0 Å². The Labute approximate surface area is 117 Å². The van der Waals surface area contributed by atoms with E-state index in [0.29, 0.717) is 30.0 Å². The van der Waals surface area contributed by atoms with Gasteiger partial charge in [0.05, 0.1) is 12.7 Å². The average Bonchev–Trinajstić information content (AvgIpc) is 2.43. The topological polar surface area (TPSA) is 75.7 Å². The molecule has 0 saturated carbocycles. The maximum Gasteiger partial charge on any atom is 0.125 e. The van der Waals surface area contributed by atoms with Gasteiger partial charge in [0.15, 0.2) is 0 Å². The van der Waals surface area contributed by atoms with Gasteiger partial charge in [-0.1, -0.05) is 12.1 Å². The van der Waals surface area contributed by atoms with Crippen LogP contribution in [0.5, 0.6) is 11.5 Å². The van der Waals surface area contributed by atoms with Crippen LogP contribution in [0.4, 0.5) is 5.69 Å². The van der Waals surface area contributed by atoms with Gasteiger partial charge in [-0.15, -0.1) is 0 Å². The van der Waals surface area contributed by atoms with Crippen molar-refractivity contribution in [1.29, 1.82) is 0 Å². The molecule has 4 heteroatoms. The van der Waals surface area contributed by atoms with Crippen LogP contribution in [0.3, 0.4) is 0 Å². The highest BCUT2D eigenvalue weighted by Crippen LogP contribution is 2.38. The third-order valence-electron chi connectivity index (χ3n) is 3.66. The molecule has 20 heavy (non-hydrogen) atoms. The van der Waals surface area contributed by atoms with Gasteiger partial charge in [0.25, 0.3) is 0 Å². The summed E-state index contributed by atoms with van der Waals surface area (Å²) in [4.78, 5) is 0. The minimum absolute atomic E-state index is 0.0499. The number of hydrogen-bond acceptors (Lipinski definition) is 4. The van der Waals surface area contributed by atoms with E-state index in [1.807, 2.05) is 24.3 Å². The molecule has 2 atom stereocenters. The smallest absolute Gasteiger partial charge is 0.125 e. The van der Waals surface area contributed by atoms with Gasteiger partial charge in [0, 0.05) is 17.2 Å². The molecular weight excluding hydrogens is 254 g/mol.